The van der Waals surface area contributed by atoms with Gasteiger partial charge in [-0.2, -0.15) is 0 Å². The molecule has 2 N–H and O–H groups in total. The number of hydrogen-bond acceptors (Lipinski definition) is 2. The lowest BCUT2D eigenvalue weighted by atomic mass is 9.94. The monoisotopic (exact) mass is 253 g/mol. The average molecular weight is 253 g/mol. The van der Waals surface area contributed by atoms with Crippen LogP contribution in [0, 0.1) is 5.92 Å². The minimum Gasteiger partial charge on any atom is -0.330 e. The molecule has 104 valence electrons. The molecule has 0 unspecified atom stereocenters. The molecule has 4 nitrogen and oxygen atoms in total. The summed E-state index contributed by atoms with van der Waals surface area (Å²) in [6, 6.07) is 0.281. The maximum absolute atomic E-state index is 12.4. The van der Waals surface area contributed by atoms with E-state index in [-0.39, 0.29) is 6.03 Å². The summed E-state index contributed by atoms with van der Waals surface area (Å²) in [4.78, 5) is 16.5. The molecule has 0 spiro atoms. The molecule has 0 aromatic heterocycles. The molecule has 2 rings (SSSR count). The SMILES string of the molecule is NCCC1CCN(C(=O)N2CCCCCC2)CC1. The lowest BCUT2D eigenvalue weighted by molar-refractivity contribution is 0.132. The van der Waals surface area contributed by atoms with E-state index in [0.29, 0.717) is 0 Å². The number of likely N-dealkylation sites (tertiary alicyclic amines) is 2. The van der Waals surface area contributed by atoms with E-state index in [0.717, 1.165) is 57.9 Å². The molecule has 2 aliphatic heterocycles. The van der Waals surface area contributed by atoms with E-state index in [1.807, 2.05) is 0 Å². The molecule has 0 bridgehead atoms. The van der Waals surface area contributed by atoms with E-state index in [1.165, 1.54) is 25.7 Å². The van der Waals surface area contributed by atoms with Gasteiger partial charge in [-0.3, -0.25) is 0 Å². The fourth-order valence-electron chi connectivity index (χ4n) is 3.11. The van der Waals surface area contributed by atoms with Crippen molar-refractivity contribution in [3.63, 3.8) is 0 Å². The Morgan fingerprint density at radius 3 is 2.06 bits per heavy atom. The van der Waals surface area contributed by atoms with Crippen molar-refractivity contribution < 1.29 is 4.79 Å². The van der Waals surface area contributed by atoms with Crippen molar-refractivity contribution in [3.8, 4) is 0 Å². The predicted molar refractivity (Wildman–Crippen MR) is 73.4 cm³/mol. The third-order valence-corrected chi connectivity index (χ3v) is 4.34. The molecular formula is C14H27N3O. The normalized spacial score (nSPS) is 22.9. The number of urea groups is 1. The molecule has 0 aliphatic carbocycles. The van der Waals surface area contributed by atoms with Gasteiger partial charge in [-0.15, -0.1) is 0 Å². The third kappa shape index (κ3) is 3.61. The summed E-state index contributed by atoms with van der Waals surface area (Å²) in [5, 5.41) is 0. The highest BCUT2D eigenvalue weighted by Gasteiger charge is 2.26. The topological polar surface area (TPSA) is 49.6 Å². The average Bonchev–Trinajstić information content (AvgIpc) is 2.68. The molecule has 2 heterocycles. The van der Waals surface area contributed by atoms with Gasteiger partial charge in [-0.1, -0.05) is 12.8 Å². The Kier molecular flexibility index (Phi) is 5.29. The Bertz CT molecular complexity index is 254. The van der Waals surface area contributed by atoms with Crippen LogP contribution in [0.4, 0.5) is 4.79 Å². The van der Waals surface area contributed by atoms with Gasteiger partial charge < -0.3 is 15.5 Å². The fraction of sp³-hybridized carbons (Fsp3) is 0.929. The number of piperidine rings is 1. The number of rotatable bonds is 2. The van der Waals surface area contributed by atoms with Gasteiger partial charge in [0.2, 0.25) is 0 Å². The van der Waals surface area contributed by atoms with Crippen molar-refractivity contribution in [2.75, 3.05) is 32.7 Å². The molecule has 4 heteroatoms. The summed E-state index contributed by atoms with van der Waals surface area (Å²) in [5.74, 6) is 0.739. The molecule has 0 saturated carbocycles. The summed E-state index contributed by atoms with van der Waals surface area (Å²) < 4.78 is 0. The van der Waals surface area contributed by atoms with Crippen molar-refractivity contribution in [3.05, 3.63) is 0 Å². The molecular weight excluding hydrogens is 226 g/mol. The Morgan fingerprint density at radius 2 is 1.50 bits per heavy atom. The minimum atomic E-state index is 0.281. The number of carbonyl (C=O) groups excluding carboxylic acids is 1. The van der Waals surface area contributed by atoms with E-state index >= 15 is 0 Å². The van der Waals surface area contributed by atoms with Crippen LogP contribution in [-0.4, -0.2) is 48.6 Å². The smallest absolute Gasteiger partial charge is 0.319 e. The highest BCUT2D eigenvalue weighted by molar-refractivity contribution is 5.74. The first kappa shape index (κ1) is 13.7. The zero-order valence-corrected chi connectivity index (χ0v) is 11.4. The Hall–Kier alpha value is -0.770. The number of nitrogens with zero attached hydrogens (tertiary/aromatic N) is 2. The van der Waals surface area contributed by atoms with Crippen LogP contribution in [-0.2, 0) is 0 Å². The van der Waals surface area contributed by atoms with Gasteiger partial charge in [0.05, 0.1) is 0 Å². The van der Waals surface area contributed by atoms with Crippen LogP contribution in [0.2, 0.25) is 0 Å². The second-order valence-corrected chi connectivity index (χ2v) is 5.69. The number of hydrogen-bond donors (Lipinski definition) is 1. The fourth-order valence-corrected chi connectivity index (χ4v) is 3.11. The van der Waals surface area contributed by atoms with Gasteiger partial charge in [0.1, 0.15) is 0 Å². The van der Waals surface area contributed by atoms with E-state index in [9.17, 15) is 4.79 Å². The van der Waals surface area contributed by atoms with Gasteiger partial charge in [0.15, 0.2) is 0 Å². The van der Waals surface area contributed by atoms with Gasteiger partial charge in [0.25, 0.3) is 0 Å². The van der Waals surface area contributed by atoms with Crippen LogP contribution in [0.15, 0.2) is 0 Å². The largest absolute Gasteiger partial charge is 0.330 e. The number of carbonyl (C=O) groups is 1. The van der Waals surface area contributed by atoms with Crippen molar-refractivity contribution in [1.82, 2.24) is 9.80 Å². The molecule has 0 aromatic carbocycles. The highest BCUT2D eigenvalue weighted by Crippen LogP contribution is 2.21. The van der Waals surface area contributed by atoms with Crippen LogP contribution in [0.5, 0.6) is 0 Å². The van der Waals surface area contributed by atoms with Gasteiger partial charge >= 0.3 is 6.03 Å². The van der Waals surface area contributed by atoms with Crippen molar-refractivity contribution in [2.24, 2.45) is 11.7 Å². The zero-order valence-electron chi connectivity index (χ0n) is 11.4. The second-order valence-electron chi connectivity index (χ2n) is 5.69. The first-order chi connectivity index (χ1) is 8.81. The van der Waals surface area contributed by atoms with Gasteiger partial charge in [0, 0.05) is 26.2 Å². The summed E-state index contributed by atoms with van der Waals surface area (Å²) in [6.07, 6.45) is 8.30. The lowest BCUT2D eigenvalue weighted by Crippen LogP contribution is -2.47. The Morgan fingerprint density at radius 1 is 0.944 bits per heavy atom. The molecule has 0 atom stereocenters. The van der Waals surface area contributed by atoms with Crippen LogP contribution in [0.1, 0.15) is 44.9 Å². The van der Waals surface area contributed by atoms with E-state index < -0.39 is 0 Å². The summed E-state index contributed by atoms with van der Waals surface area (Å²) in [5.41, 5.74) is 5.60. The molecule has 0 aromatic rings. The maximum Gasteiger partial charge on any atom is 0.319 e. The molecule has 18 heavy (non-hydrogen) atoms. The molecule has 2 saturated heterocycles. The quantitative estimate of drug-likeness (QED) is 0.818. The first-order valence-electron chi connectivity index (χ1n) is 7.55. The van der Waals surface area contributed by atoms with Gasteiger partial charge in [-0.05, 0) is 44.6 Å². The van der Waals surface area contributed by atoms with E-state index in [1.54, 1.807) is 0 Å². The predicted octanol–water partition coefficient (Wildman–Crippen LogP) is 2.04. The standard InChI is InChI=1S/C14H27N3O/c15-8-5-13-6-11-17(12-7-13)14(18)16-9-3-1-2-4-10-16/h13H,1-12,15H2. The molecule has 2 amide bonds. The van der Waals surface area contributed by atoms with Crippen molar-refractivity contribution >= 4 is 6.03 Å². The van der Waals surface area contributed by atoms with Crippen LogP contribution < -0.4 is 5.73 Å². The third-order valence-electron chi connectivity index (χ3n) is 4.34. The van der Waals surface area contributed by atoms with Crippen molar-refractivity contribution in [2.45, 2.75) is 44.9 Å². The Labute approximate surface area is 110 Å². The van der Waals surface area contributed by atoms with Crippen LogP contribution >= 0.6 is 0 Å². The van der Waals surface area contributed by atoms with E-state index in [4.69, 9.17) is 5.73 Å². The summed E-state index contributed by atoms with van der Waals surface area (Å²) in [6.45, 7) is 4.56. The molecule has 2 aliphatic rings. The van der Waals surface area contributed by atoms with Crippen molar-refractivity contribution in [1.29, 1.82) is 0 Å². The minimum absolute atomic E-state index is 0.281. The molecule has 2 fully saturated rings. The summed E-state index contributed by atoms with van der Waals surface area (Å²) >= 11 is 0. The van der Waals surface area contributed by atoms with Crippen LogP contribution in [0.25, 0.3) is 0 Å². The van der Waals surface area contributed by atoms with E-state index in [2.05, 4.69) is 9.80 Å². The second kappa shape index (κ2) is 6.98. The lowest BCUT2D eigenvalue weighted by Gasteiger charge is -2.35. The summed E-state index contributed by atoms with van der Waals surface area (Å²) in [7, 11) is 0. The zero-order chi connectivity index (χ0) is 12.8. The van der Waals surface area contributed by atoms with Gasteiger partial charge in [-0.25, -0.2) is 4.79 Å². The maximum atomic E-state index is 12.4. The Balaban J connectivity index is 1.79. The highest BCUT2D eigenvalue weighted by atomic mass is 16.2. The molecule has 0 radical (unpaired) electrons. The number of amides is 2. The first-order valence-corrected chi connectivity index (χ1v) is 7.55. The van der Waals surface area contributed by atoms with Crippen LogP contribution in [0.3, 0.4) is 0 Å². The number of nitrogens with two attached hydrogens (primary N) is 1.